The molecule has 4 heterocycles. The molecule has 5 rings (SSSR count). The number of anilines is 1. The van der Waals surface area contributed by atoms with Crippen molar-refractivity contribution in [2.45, 2.75) is 65.7 Å². The Labute approximate surface area is 204 Å². The summed E-state index contributed by atoms with van der Waals surface area (Å²) in [4.78, 5) is 20.1. The van der Waals surface area contributed by atoms with Crippen LogP contribution in [0.1, 0.15) is 67.3 Å². The SMILES string of the molecule is C/C=C\CF.Cc1c[nH]cc1C1CCN(CCc2cc3c4c(c2)CCN4C(=O)CC3)CC1(C)C. The van der Waals surface area contributed by atoms with Crippen molar-refractivity contribution in [2.24, 2.45) is 5.41 Å². The highest BCUT2D eigenvalue weighted by molar-refractivity contribution is 5.98. The van der Waals surface area contributed by atoms with E-state index in [2.05, 4.69) is 55.2 Å². The Hall–Kier alpha value is -2.40. The number of rotatable bonds is 5. The lowest BCUT2D eigenvalue weighted by Gasteiger charge is -2.44. The van der Waals surface area contributed by atoms with Crippen LogP contribution in [-0.4, -0.2) is 48.6 Å². The van der Waals surface area contributed by atoms with Crippen molar-refractivity contribution in [1.29, 1.82) is 0 Å². The van der Waals surface area contributed by atoms with Gasteiger partial charge in [0.25, 0.3) is 0 Å². The summed E-state index contributed by atoms with van der Waals surface area (Å²) in [6, 6.07) is 4.75. The zero-order valence-electron chi connectivity index (χ0n) is 21.3. The first-order valence-electron chi connectivity index (χ1n) is 12.8. The van der Waals surface area contributed by atoms with E-state index < -0.39 is 0 Å². The van der Waals surface area contributed by atoms with E-state index in [-0.39, 0.29) is 12.1 Å². The highest BCUT2D eigenvalue weighted by Crippen LogP contribution is 2.43. The van der Waals surface area contributed by atoms with E-state index in [9.17, 15) is 9.18 Å². The zero-order chi connectivity index (χ0) is 24.3. The number of aromatic amines is 1. The summed E-state index contributed by atoms with van der Waals surface area (Å²) in [5, 5.41) is 0. The van der Waals surface area contributed by atoms with Crippen LogP contribution in [0.3, 0.4) is 0 Å². The Morgan fingerprint density at radius 1 is 1.15 bits per heavy atom. The molecule has 1 aromatic carbocycles. The number of halogens is 1. The van der Waals surface area contributed by atoms with Crippen LogP contribution in [0.15, 0.2) is 36.7 Å². The molecule has 5 heteroatoms. The normalized spacial score (nSPS) is 21.5. The number of aromatic nitrogens is 1. The molecule has 3 aliphatic heterocycles. The number of piperidine rings is 1. The second-order valence-corrected chi connectivity index (χ2v) is 10.7. The molecule has 0 bridgehead atoms. The zero-order valence-corrected chi connectivity index (χ0v) is 21.3. The maximum absolute atomic E-state index is 12.1. The molecule has 1 N–H and O–H groups in total. The van der Waals surface area contributed by atoms with E-state index in [1.54, 1.807) is 13.0 Å². The van der Waals surface area contributed by atoms with Gasteiger partial charge in [0.2, 0.25) is 5.91 Å². The van der Waals surface area contributed by atoms with Crippen LogP contribution >= 0.6 is 0 Å². The summed E-state index contributed by atoms with van der Waals surface area (Å²) >= 11 is 0. The minimum absolute atomic E-state index is 0.288. The van der Waals surface area contributed by atoms with Crippen LogP contribution in [0.25, 0.3) is 0 Å². The summed E-state index contributed by atoms with van der Waals surface area (Å²) in [5.74, 6) is 0.949. The molecule has 0 radical (unpaired) electrons. The van der Waals surface area contributed by atoms with Crippen LogP contribution in [0.2, 0.25) is 0 Å². The monoisotopic (exact) mass is 465 g/mol. The molecule has 184 valence electrons. The highest BCUT2D eigenvalue weighted by atomic mass is 19.1. The molecule has 2 aromatic rings. The van der Waals surface area contributed by atoms with Crippen molar-refractivity contribution < 1.29 is 9.18 Å². The Kier molecular flexibility index (Phi) is 7.61. The van der Waals surface area contributed by atoms with Crippen molar-refractivity contribution in [2.75, 3.05) is 37.8 Å². The topological polar surface area (TPSA) is 39.3 Å². The van der Waals surface area contributed by atoms with Gasteiger partial charge in [0, 0.05) is 38.4 Å². The first kappa shape index (κ1) is 24.7. The van der Waals surface area contributed by atoms with Crippen molar-refractivity contribution in [3.8, 4) is 0 Å². The largest absolute Gasteiger partial charge is 0.367 e. The number of carbonyl (C=O) groups excluding carboxylic acids is 1. The van der Waals surface area contributed by atoms with Gasteiger partial charge in [-0.05, 0) is 85.2 Å². The van der Waals surface area contributed by atoms with Gasteiger partial charge in [-0.2, -0.15) is 0 Å². The summed E-state index contributed by atoms with van der Waals surface area (Å²) < 4.78 is 10.9. The van der Waals surface area contributed by atoms with E-state index in [1.165, 1.54) is 52.5 Å². The Bertz CT molecular complexity index is 1040. The number of nitrogens with zero attached hydrogens (tertiary/aromatic N) is 2. The molecule has 3 aliphatic rings. The summed E-state index contributed by atoms with van der Waals surface area (Å²) in [5.41, 5.74) is 8.69. The van der Waals surface area contributed by atoms with Gasteiger partial charge in [0.1, 0.15) is 6.67 Å². The van der Waals surface area contributed by atoms with Gasteiger partial charge in [0.15, 0.2) is 0 Å². The van der Waals surface area contributed by atoms with E-state index in [4.69, 9.17) is 0 Å². The van der Waals surface area contributed by atoms with Gasteiger partial charge in [-0.1, -0.05) is 38.1 Å². The van der Waals surface area contributed by atoms with Gasteiger partial charge < -0.3 is 14.8 Å². The van der Waals surface area contributed by atoms with E-state index in [1.807, 2.05) is 4.90 Å². The summed E-state index contributed by atoms with van der Waals surface area (Å²) in [6.07, 6.45) is 12.4. The number of hydrogen-bond donors (Lipinski definition) is 1. The standard InChI is InChI=1S/C25H33N3O.C4H7F/c1-17-14-26-15-21(17)22-8-10-27(16-25(22,2)3)9-6-18-12-19-4-5-23(29)28-11-7-20(13-18)24(19)28;1-2-3-4-5/h12-15,22,26H,4-11,16H2,1-3H3;2-3H,4H2,1H3/b;3-2-. The first-order chi connectivity index (χ1) is 16.3. The Balaban J connectivity index is 0.000000499. The average molecular weight is 466 g/mol. The molecule has 34 heavy (non-hydrogen) atoms. The second-order valence-electron chi connectivity index (χ2n) is 10.7. The van der Waals surface area contributed by atoms with Crippen LogP contribution in [0.5, 0.6) is 0 Å². The molecule has 1 amide bonds. The van der Waals surface area contributed by atoms with E-state index >= 15 is 0 Å². The van der Waals surface area contributed by atoms with Crippen molar-refractivity contribution >= 4 is 11.6 Å². The van der Waals surface area contributed by atoms with Crippen LogP contribution < -0.4 is 4.90 Å². The molecular weight excluding hydrogens is 425 g/mol. The molecule has 4 nitrogen and oxygen atoms in total. The van der Waals surface area contributed by atoms with Gasteiger partial charge >= 0.3 is 0 Å². The van der Waals surface area contributed by atoms with Crippen molar-refractivity contribution in [3.63, 3.8) is 0 Å². The highest BCUT2D eigenvalue weighted by Gasteiger charge is 2.37. The molecule has 1 atom stereocenters. The van der Waals surface area contributed by atoms with Gasteiger partial charge in [0.05, 0.1) is 5.69 Å². The number of amides is 1. The molecule has 0 spiro atoms. The number of likely N-dealkylation sites (tertiary alicyclic amines) is 1. The number of H-pyrrole nitrogens is 1. The minimum Gasteiger partial charge on any atom is -0.367 e. The summed E-state index contributed by atoms with van der Waals surface area (Å²) in [6.45, 7) is 12.9. The fraction of sp³-hybridized carbons (Fsp3) is 0.552. The molecule has 0 aliphatic carbocycles. The fourth-order valence-electron chi connectivity index (χ4n) is 6.12. The number of nitrogens with one attached hydrogen (secondary N) is 1. The molecule has 1 unspecified atom stereocenters. The Morgan fingerprint density at radius 2 is 1.91 bits per heavy atom. The van der Waals surface area contributed by atoms with Gasteiger partial charge in [-0.25, -0.2) is 4.39 Å². The average Bonchev–Trinajstić information content (AvgIpc) is 3.42. The van der Waals surface area contributed by atoms with Gasteiger partial charge in [-0.3, -0.25) is 4.79 Å². The number of benzene rings is 1. The van der Waals surface area contributed by atoms with Gasteiger partial charge in [-0.15, -0.1) is 0 Å². The molecule has 1 saturated heterocycles. The maximum Gasteiger partial charge on any atom is 0.227 e. The third-order valence-corrected chi connectivity index (χ3v) is 7.83. The predicted molar refractivity (Wildman–Crippen MR) is 138 cm³/mol. The third-order valence-electron chi connectivity index (χ3n) is 7.83. The lowest BCUT2D eigenvalue weighted by atomic mass is 9.70. The number of hydrogen-bond acceptors (Lipinski definition) is 2. The fourth-order valence-corrected chi connectivity index (χ4v) is 6.12. The second kappa shape index (κ2) is 10.5. The summed E-state index contributed by atoms with van der Waals surface area (Å²) in [7, 11) is 0. The van der Waals surface area contributed by atoms with Crippen LogP contribution in [0.4, 0.5) is 10.1 Å². The molecule has 1 fully saturated rings. The predicted octanol–water partition coefficient (Wildman–Crippen LogP) is 5.75. The van der Waals surface area contributed by atoms with Crippen LogP contribution in [0, 0.1) is 12.3 Å². The van der Waals surface area contributed by atoms with E-state index in [0.717, 1.165) is 38.9 Å². The van der Waals surface area contributed by atoms with Crippen LogP contribution in [-0.2, 0) is 24.1 Å². The lowest BCUT2D eigenvalue weighted by Crippen LogP contribution is -2.45. The number of alkyl halides is 1. The number of carbonyl (C=O) groups is 1. The molecule has 0 saturated carbocycles. The number of allylic oxidation sites excluding steroid dienone is 2. The van der Waals surface area contributed by atoms with E-state index in [0.29, 0.717) is 18.2 Å². The molecular formula is C29H40FN3O. The Morgan fingerprint density at radius 3 is 2.53 bits per heavy atom. The first-order valence-corrected chi connectivity index (χ1v) is 12.8. The maximum atomic E-state index is 12.1. The molecule has 1 aromatic heterocycles. The number of aryl methyl sites for hydroxylation is 2. The minimum atomic E-state index is -0.337. The van der Waals surface area contributed by atoms with Crippen molar-refractivity contribution in [3.05, 3.63) is 64.5 Å². The quantitative estimate of drug-likeness (QED) is 0.571. The smallest absolute Gasteiger partial charge is 0.227 e. The van der Waals surface area contributed by atoms with Crippen molar-refractivity contribution in [1.82, 2.24) is 9.88 Å². The lowest BCUT2D eigenvalue weighted by molar-refractivity contribution is -0.118. The third kappa shape index (κ3) is 5.14.